The highest BCUT2D eigenvalue weighted by atomic mass is 79.9. The van der Waals surface area contributed by atoms with Crippen LogP contribution in [0, 0.1) is 12.3 Å². The van der Waals surface area contributed by atoms with Crippen LogP contribution in [0.5, 0.6) is 0 Å². The fourth-order valence-electron chi connectivity index (χ4n) is 1.05. The molecule has 0 unspecified atom stereocenters. The third-order valence-electron chi connectivity index (χ3n) is 2.16. The molecular weight excluding hydrogens is 258 g/mol. The summed E-state index contributed by atoms with van der Waals surface area (Å²) in [6, 6.07) is 1.78. The SMILES string of the molecule is Cc1ccoc1C(=O)NCC(C)(C)CBr. The van der Waals surface area contributed by atoms with E-state index in [9.17, 15) is 4.79 Å². The van der Waals surface area contributed by atoms with Crippen LogP contribution in [0.4, 0.5) is 0 Å². The molecule has 0 atom stereocenters. The van der Waals surface area contributed by atoms with Crippen molar-refractivity contribution in [3.8, 4) is 0 Å². The molecule has 1 rings (SSSR count). The zero-order valence-corrected chi connectivity index (χ0v) is 10.8. The molecule has 1 N–H and O–H groups in total. The van der Waals surface area contributed by atoms with Crippen LogP contribution in [0.15, 0.2) is 16.7 Å². The summed E-state index contributed by atoms with van der Waals surface area (Å²) in [5.74, 6) is 0.256. The van der Waals surface area contributed by atoms with Gasteiger partial charge < -0.3 is 9.73 Å². The van der Waals surface area contributed by atoms with Gasteiger partial charge in [-0.15, -0.1) is 0 Å². The molecule has 0 bridgehead atoms. The Hall–Kier alpha value is -0.770. The molecule has 0 fully saturated rings. The standard InChI is InChI=1S/C11H16BrNO2/c1-8-4-5-15-9(8)10(14)13-7-11(2,3)6-12/h4-5H,6-7H2,1-3H3,(H,13,14). The summed E-state index contributed by atoms with van der Waals surface area (Å²) in [5.41, 5.74) is 0.917. The summed E-state index contributed by atoms with van der Waals surface area (Å²) < 4.78 is 5.10. The zero-order valence-electron chi connectivity index (χ0n) is 9.26. The van der Waals surface area contributed by atoms with Crippen LogP contribution in [-0.2, 0) is 0 Å². The van der Waals surface area contributed by atoms with Crippen molar-refractivity contribution in [2.24, 2.45) is 5.41 Å². The summed E-state index contributed by atoms with van der Waals surface area (Å²) in [5, 5.41) is 3.70. The van der Waals surface area contributed by atoms with E-state index in [0.29, 0.717) is 12.3 Å². The number of nitrogens with one attached hydrogen (secondary N) is 1. The van der Waals surface area contributed by atoms with Crippen molar-refractivity contribution in [3.63, 3.8) is 0 Å². The first kappa shape index (κ1) is 12.3. The molecule has 1 aromatic heterocycles. The number of alkyl halides is 1. The normalized spacial score (nSPS) is 11.5. The first-order valence-electron chi connectivity index (χ1n) is 4.84. The number of aryl methyl sites for hydroxylation is 1. The van der Waals surface area contributed by atoms with Gasteiger partial charge >= 0.3 is 0 Å². The summed E-state index contributed by atoms with van der Waals surface area (Å²) in [4.78, 5) is 11.7. The van der Waals surface area contributed by atoms with Gasteiger partial charge in [0.1, 0.15) is 0 Å². The minimum absolute atomic E-state index is 0.0517. The van der Waals surface area contributed by atoms with Gasteiger partial charge in [-0.1, -0.05) is 29.8 Å². The Labute approximate surface area is 98.4 Å². The fourth-order valence-corrected chi connectivity index (χ4v) is 1.25. The van der Waals surface area contributed by atoms with Crippen molar-refractivity contribution in [1.82, 2.24) is 5.32 Å². The fraction of sp³-hybridized carbons (Fsp3) is 0.545. The van der Waals surface area contributed by atoms with Gasteiger partial charge in [-0.05, 0) is 18.4 Å². The van der Waals surface area contributed by atoms with Crippen LogP contribution in [0.3, 0.4) is 0 Å². The van der Waals surface area contributed by atoms with E-state index >= 15 is 0 Å². The van der Waals surface area contributed by atoms with E-state index in [1.165, 1.54) is 6.26 Å². The van der Waals surface area contributed by atoms with Crippen molar-refractivity contribution in [1.29, 1.82) is 0 Å². The first-order chi connectivity index (χ1) is 6.96. The highest BCUT2D eigenvalue weighted by Gasteiger charge is 2.19. The smallest absolute Gasteiger partial charge is 0.287 e. The molecule has 1 heterocycles. The zero-order chi connectivity index (χ0) is 11.5. The van der Waals surface area contributed by atoms with Crippen LogP contribution >= 0.6 is 15.9 Å². The lowest BCUT2D eigenvalue weighted by molar-refractivity contribution is 0.0911. The maximum Gasteiger partial charge on any atom is 0.287 e. The number of hydrogen-bond donors (Lipinski definition) is 1. The van der Waals surface area contributed by atoms with E-state index in [4.69, 9.17) is 4.42 Å². The lowest BCUT2D eigenvalue weighted by Gasteiger charge is -2.21. The number of halogens is 1. The maximum atomic E-state index is 11.7. The topological polar surface area (TPSA) is 42.2 Å². The van der Waals surface area contributed by atoms with Crippen LogP contribution in [0.25, 0.3) is 0 Å². The molecule has 0 saturated carbocycles. The summed E-state index contributed by atoms with van der Waals surface area (Å²) in [6.45, 7) is 6.64. The number of furan rings is 1. The monoisotopic (exact) mass is 273 g/mol. The van der Waals surface area contributed by atoms with Crippen molar-refractivity contribution in [2.75, 3.05) is 11.9 Å². The third-order valence-corrected chi connectivity index (χ3v) is 3.68. The van der Waals surface area contributed by atoms with E-state index in [1.54, 1.807) is 6.07 Å². The Balaban J connectivity index is 2.55. The molecule has 84 valence electrons. The highest BCUT2D eigenvalue weighted by Crippen LogP contribution is 2.17. The van der Waals surface area contributed by atoms with Crippen molar-refractivity contribution in [2.45, 2.75) is 20.8 Å². The van der Waals surface area contributed by atoms with E-state index in [1.807, 2.05) is 6.92 Å². The molecule has 1 amide bonds. The third kappa shape index (κ3) is 3.38. The van der Waals surface area contributed by atoms with Gasteiger partial charge in [0, 0.05) is 17.4 Å². The molecule has 0 aliphatic carbocycles. The van der Waals surface area contributed by atoms with Gasteiger partial charge in [-0.3, -0.25) is 4.79 Å². The quantitative estimate of drug-likeness (QED) is 0.858. The van der Waals surface area contributed by atoms with Crippen LogP contribution in [-0.4, -0.2) is 17.8 Å². The van der Waals surface area contributed by atoms with Gasteiger partial charge in [0.2, 0.25) is 0 Å². The van der Waals surface area contributed by atoms with E-state index in [-0.39, 0.29) is 11.3 Å². The largest absolute Gasteiger partial charge is 0.459 e. The first-order valence-corrected chi connectivity index (χ1v) is 5.97. The Morgan fingerprint density at radius 3 is 2.73 bits per heavy atom. The summed E-state index contributed by atoms with van der Waals surface area (Å²) >= 11 is 3.41. The molecule has 4 heteroatoms. The Morgan fingerprint density at radius 2 is 2.27 bits per heavy atom. The van der Waals surface area contributed by atoms with Crippen molar-refractivity contribution >= 4 is 21.8 Å². The van der Waals surface area contributed by atoms with E-state index < -0.39 is 0 Å². The number of hydrogen-bond acceptors (Lipinski definition) is 2. The number of amides is 1. The van der Waals surface area contributed by atoms with Gasteiger partial charge in [-0.2, -0.15) is 0 Å². The Bertz CT molecular complexity index is 344. The van der Waals surface area contributed by atoms with E-state index in [0.717, 1.165) is 10.9 Å². The number of carbonyl (C=O) groups is 1. The van der Waals surface area contributed by atoms with Gasteiger partial charge in [0.05, 0.1) is 6.26 Å². The lowest BCUT2D eigenvalue weighted by atomic mass is 9.97. The molecular formula is C11H16BrNO2. The molecule has 0 aromatic carbocycles. The predicted octanol–water partition coefficient (Wildman–Crippen LogP) is 2.74. The molecule has 3 nitrogen and oxygen atoms in total. The van der Waals surface area contributed by atoms with Crippen molar-refractivity contribution in [3.05, 3.63) is 23.7 Å². The molecule has 15 heavy (non-hydrogen) atoms. The molecule has 0 aliphatic heterocycles. The molecule has 0 saturated heterocycles. The Morgan fingerprint density at radius 1 is 1.60 bits per heavy atom. The minimum Gasteiger partial charge on any atom is -0.459 e. The van der Waals surface area contributed by atoms with Crippen LogP contribution in [0.2, 0.25) is 0 Å². The summed E-state index contributed by atoms with van der Waals surface area (Å²) in [6.07, 6.45) is 1.53. The van der Waals surface area contributed by atoms with Gasteiger partial charge in [0.25, 0.3) is 5.91 Å². The predicted molar refractivity (Wildman–Crippen MR) is 63.4 cm³/mol. The highest BCUT2D eigenvalue weighted by molar-refractivity contribution is 9.09. The molecule has 0 aliphatic rings. The average molecular weight is 274 g/mol. The van der Waals surface area contributed by atoms with Crippen molar-refractivity contribution < 1.29 is 9.21 Å². The second kappa shape index (κ2) is 4.84. The van der Waals surface area contributed by atoms with E-state index in [2.05, 4.69) is 35.1 Å². The minimum atomic E-state index is -0.147. The molecule has 1 aromatic rings. The summed E-state index contributed by atoms with van der Waals surface area (Å²) in [7, 11) is 0. The maximum absolute atomic E-state index is 11.7. The number of rotatable bonds is 4. The van der Waals surface area contributed by atoms with Gasteiger partial charge in [0.15, 0.2) is 5.76 Å². The van der Waals surface area contributed by atoms with Crippen LogP contribution in [0.1, 0.15) is 30.0 Å². The molecule has 0 spiro atoms. The number of carbonyl (C=O) groups excluding carboxylic acids is 1. The lowest BCUT2D eigenvalue weighted by Crippen LogP contribution is -2.34. The second-order valence-corrected chi connectivity index (χ2v) is 4.97. The van der Waals surface area contributed by atoms with Crippen LogP contribution < -0.4 is 5.32 Å². The average Bonchev–Trinajstić information content (AvgIpc) is 2.61. The second-order valence-electron chi connectivity index (χ2n) is 4.41. The van der Waals surface area contributed by atoms with Gasteiger partial charge in [-0.25, -0.2) is 0 Å². The molecule has 0 radical (unpaired) electrons. The Kier molecular flexibility index (Phi) is 3.97.